The number of nitrogens with zero attached hydrogens (tertiary/aromatic N) is 3. The van der Waals surface area contributed by atoms with Gasteiger partial charge in [0.15, 0.2) is 5.78 Å². The van der Waals surface area contributed by atoms with Crippen LogP contribution in [0.4, 0.5) is 26.3 Å². The van der Waals surface area contributed by atoms with Crippen LogP contribution in [0.2, 0.25) is 0 Å². The van der Waals surface area contributed by atoms with Crippen molar-refractivity contribution in [1.82, 2.24) is 14.5 Å². The number of benzene rings is 1. The molecule has 0 N–H and O–H groups in total. The molecule has 164 valence electrons. The molecule has 0 amide bonds. The molecule has 0 saturated carbocycles. The van der Waals surface area contributed by atoms with Gasteiger partial charge in [0.2, 0.25) is 0 Å². The summed E-state index contributed by atoms with van der Waals surface area (Å²) in [5.74, 6) is -1.03. The van der Waals surface area contributed by atoms with Gasteiger partial charge in [0.05, 0.1) is 23.4 Å². The average Bonchev–Trinajstić information content (AvgIpc) is 3.09. The minimum Gasteiger partial charge on any atom is -0.328 e. The van der Waals surface area contributed by atoms with E-state index in [-0.39, 0.29) is 18.5 Å². The second-order valence-electron chi connectivity index (χ2n) is 6.95. The number of halogens is 6. The molecule has 0 aliphatic carbocycles. The molecule has 3 rings (SSSR count). The topological polar surface area (TPSA) is 47.8 Å². The van der Waals surface area contributed by atoms with Gasteiger partial charge in [0, 0.05) is 30.9 Å². The van der Waals surface area contributed by atoms with E-state index in [1.165, 1.54) is 10.8 Å². The summed E-state index contributed by atoms with van der Waals surface area (Å²) < 4.78 is 80.9. The molecule has 0 saturated heterocycles. The monoisotopic (exact) mass is 441 g/mol. The molecule has 0 aliphatic heterocycles. The number of alkyl halides is 6. The minimum absolute atomic E-state index is 0.128. The van der Waals surface area contributed by atoms with E-state index in [4.69, 9.17) is 0 Å². The van der Waals surface area contributed by atoms with Gasteiger partial charge >= 0.3 is 12.4 Å². The van der Waals surface area contributed by atoms with Crippen LogP contribution in [0.15, 0.2) is 55.0 Å². The number of rotatable bonds is 6. The number of carbonyl (C=O) groups is 1. The first-order valence-corrected chi connectivity index (χ1v) is 9.15. The fourth-order valence-corrected chi connectivity index (χ4v) is 3.26. The van der Waals surface area contributed by atoms with Gasteiger partial charge in [-0.05, 0) is 36.8 Å². The van der Waals surface area contributed by atoms with E-state index >= 15 is 0 Å². The highest BCUT2D eigenvalue weighted by atomic mass is 19.4. The maximum absolute atomic E-state index is 13.6. The van der Waals surface area contributed by atoms with Gasteiger partial charge in [-0.2, -0.15) is 26.3 Å². The summed E-state index contributed by atoms with van der Waals surface area (Å²) in [6.45, 7) is 1.54. The van der Waals surface area contributed by atoms with E-state index in [1.54, 1.807) is 13.1 Å². The first-order valence-electron chi connectivity index (χ1n) is 9.15. The van der Waals surface area contributed by atoms with Crippen molar-refractivity contribution in [1.29, 1.82) is 0 Å². The lowest BCUT2D eigenvalue weighted by atomic mass is 9.87. The Balaban J connectivity index is 2.01. The summed E-state index contributed by atoms with van der Waals surface area (Å²) in [5.41, 5.74) is -2.25. The van der Waals surface area contributed by atoms with E-state index < -0.39 is 40.9 Å². The third-order valence-electron chi connectivity index (χ3n) is 4.82. The van der Waals surface area contributed by atoms with Crippen LogP contribution < -0.4 is 0 Å². The van der Waals surface area contributed by atoms with Crippen molar-refractivity contribution in [2.45, 2.75) is 38.2 Å². The maximum atomic E-state index is 13.6. The minimum atomic E-state index is -4.74. The highest BCUT2D eigenvalue weighted by Gasteiger charge is 2.37. The second kappa shape index (κ2) is 8.52. The Bertz CT molecular complexity index is 1050. The van der Waals surface area contributed by atoms with Gasteiger partial charge in [-0.3, -0.25) is 9.78 Å². The molecule has 0 bridgehead atoms. The maximum Gasteiger partial charge on any atom is 0.418 e. The molecule has 2 heterocycles. The predicted octanol–water partition coefficient (Wildman–Crippen LogP) is 5.42. The molecule has 0 unspecified atom stereocenters. The lowest BCUT2D eigenvalue weighted by Crippen LogP contribution is -2.19. The van der Waals surface area contributed by atoms with E-state index in [2.05, 4.69) is 9.97 Å². The van der Waals surface area contributed by atoms with Gasteiger partial charge in [0.25, 0.3) is 0 Å². The van der Waals surface area contributed by atoms with Gasteiger partial charge in [-0.1, -0.05) is 12.1 Å². The Labute approximate surface area is 173 Å². The zero-order chi connectivity index (χ0) is 22.8. The van der Waals surface area contributed by atoms with Crippen LogP contribution in [0.1, 0.15) is 40.5 Å². The molecule has 0 aliphatic rings. The van der Waals surface area contributed by atoms with Crippen LogP contribution in [0.5, 0.6) is 0 Å². The number of imidazole rings is 1. The number of aromatic nitrogens is 3. The molecule has 0 spiro atoms. The van der Waals surface area contributed by atoms with Crippen molar-refractivity contribution >= 4 is 5.78 Å². The highest BCUT2D eigenvalue weighted by Crippen LogP contribution is 2.38. The van der Waals surface area contributed by atoms with Crippen LogP contribution in [0.25, 0.3) is 0 Å². The first kappa shape index (κ1) is 22.5. The largest absolute Gasteiger partial charge is 0.418 e. The number of aryl methyl sites for hydroxylation is 1. The zero-order valence-corrected chi connectivity index (χ0v) is 16.2. The Morgan fingerprint density at radius 1 is 0.968 bits per heavy atom. The van der Waals surface area contributed by atoms with Crippen molar-refractivity contribution in [3.05, 3.63) is 83.2 Å². The molecule has 2 aromatic heterocycles. The fraction of sp³-hybridized carbons (Fsp3) is 0.286. The molecule has 1 aromatic carbocycles. The second-order valence-corrected chi connectivity index (χ2v) is 6.95. The van der Waals surface area contributed by atoms with Crippen LogP contribution >= 0.6 is 0 Å². The lowest BCUT2D eigenvalue weighted by Gasteiger charge is -2.21. The standard InChI is InChI=1S/C21H17F6N3O/c1-13-28-9-10-30(13)12-16(31)11-17(14-4-6-15(7-5-14)20(22,23)24)19-18(21(25,26)27)3-2-8-29-19/h2-10,17H,11-12H2,1H3/t17-/m0/s1. The van der Waals surface area contributed by atoms with Gasteiger partial charge in [-0.25, -0.2) is 4.98 Å². The van der Waals surface area contributed by atoms with Gasteiger partial charge in [0.1, 0.15) is 5.82 Å². The zero-order valence-electron chi connectivity index (χ0n) is 16.2. The Kier molecular flexibility index (Phi) is 6.19. The molecule has 31 heavy (non-hydrogen) atoms. The summed E-state index contributed by atoms with van der Waals surface area (Å²) in [4.78, 5) is 20.5. The summed E-state index contributed by atoms with van der Waals surface area (Å²) >= 11 is 0. The SMILES string of the molecule is Cc1nccn1CC(=O)C[C@@H](c1ccc(C(F)(F)F)cc1)c1ncccc1C(F)(F)F. The van der Waals surface area contributed by atoms with E-state index in [0.29, 0.717) is 5.82 Å². The molecule has 0 fully saturated rings. The number of ketones is 1. The smallest absolute Gasteiger partial charge is 0.328 e. The third-order valence-corrected chi connectivity index (χ3v) is 4.82. The molecular weight excluding hydrogens is 424 g/mol. The fourth-order valence-electron chi connectivity index (χ4n) is 3.26. The van der Waals surface area contributed by atoms with Crippen LogP contribution in [-0.4, -0.2) is 20.3 Å². The number of pyridine rings is 1. The average molecular weight is 441 g/mol. The van der Waals surface area contributed by atoms with Crippen LogP contribution in [0, 0.1) is 6.92 Å². The highest BCUT2D eigenvalue weighted by molar-refractivity contribution is 5.79. The molecule has 3 aromatic rings. The van der Waals surface area contributed by atoms with Crippen molar-refractivity contribution in [3.63, 3.8) is 0 Å². The van der Waals surface area contributed by atoms with E-state index in [9.17, 15) is 31.1 Å². The number of hydrogen-bond acceptors (Lipinski definition) is 3. The number of hydrogen-bond donors (Lipinski definition) is 0. The van der Waals surface area contributed by atoms with E-state index in [1.807, 2.05) is 0 Å². The number of carbonyl (C=O) groups excluding carboxylic acids is 1. The molecule has 0 radical (unpaired) electrons. The third kappa shape index (κ3) is 5.31. The molecule has 10 heteroatoms. The van der Waals surface area contributed by atoms with E-state index in [0.717, 1.165) is 42.6 Å². The Morgan fingerprint density at radius 3 is 2.19 bits per heavy atom. The predicted molar refractivity (Wildman–Crippen MR) is 99.1 cm³/mol. The van der Waals surface area contributed by atoms with Crippen molar-refractivity contribution in [2.24, 2.45) is 0 Å². The lowest BCUT2D eigenvalue weighted by molar-refractivity contribution is -0.139. The summed E-state index contributed by atoms with van der Waals surface area (Å²) in [6, 6.07) is 5.68. The first-order chi connectivity index (χ1) is 14.5. The van der Waals surface area contributed by atoms with Crippen LogP contribution in [0.3, 0.4) is 0 Å². The van der Waals surface area contributed by atoms with Crippen LogP contribution in [-0.2, 0) is 23.7 Å². The van der Waals surface area contributed by atoms with Crippen molar-refractivity contribution < 1.29 is 31.1 Å². The van der Waals surface area contributed by atoms with Crippen molar-refractivity contribution in [3.8, 4) is 0 Å². The van der Waals surface area contributed by atoms with Crippen molar-refractivity contribution in [2.75, 3.05) is 0 Å². The normalized spacial score (nSPS) is 13.3. The molecule has 1 atom stereocenters. The summed E-state index contributed by atoms with van der Waals surface area (Å²) in [6.07, 6.45) is -5.50. The summed E-state index contributed by atoms with van der Waals surface area (Å²) in [7, 11) is 0. The summed E-state index contributed by atoms with van der Waals surface area (Å²) in [5, 5.41) is 0. The Hall–Kier alpha value is -3.17. The quantitative estimate of drug-likeness (QED) is 0.481. The van der Waals surface area contributed by atoms with Gasteiger partial charge in [-0.15, -0.1) is 0 Å². The number of Topliss-reactive ketones (excluding diaryl/α,β-unsaturated/α-hetero) is 1. The molecule has 4 nitrogen and oxygen atoms in total. The van der Waals surface area contributed by atoms with Gasteiger partial charge < -0.3 is 4.57 Å². The Morgan fingerprint density at radius 2 is 1.65 bits per heavy atom. The molecular formula is C21H17F6N3O.